The zero-order valence-corrected chi connectivity index (χ0v) is 18.4. The van der Waals surface area contributed by atoms with Crippen LogP contribution in [0.25, 0.3) is 0 Å². The Labute approximate surface area is 183 Å². The van der Waals surface area contributed by atoms with Crippen LogP contribution in [0.2, 0.25) is 0 Å². The van der Waals surface area contributed by atoms with Gasteiger partial charge in [-0.1, -0.05) is 60.2 Å². The van der Waals surface area contributed by atoms with Gasteiger partial charge in [0.15, 0.2) is 11.4 Å². The fraction of sp³-hybridized carbons (Fsp3) is 0.259. The lowest BCUT2D eigenvalue weighted by Gasteiger charge is -2.24. The summed E-state index contributed by atoms with van der Waals surface area (Å²) in [6, 6.07) is 19.0. The first-order chi connectivity index (χ1) is 14.7. The number of aryl methyl sites for hydroxylation is 4. The van der Waals surface area contributed by atoms with E-state index in [9.17, 15) is 14.7 Å². The number of carbonyl (C=O) groups excluding carboxylic acids is 2. The van der Waals surface area contributed by atoms with Crippen LogP contribution < -0.4 is 4.90 Å². The normalized spacial score (nSPS) is 17.7. The molecule has 4 rings (SSSR count). The minimum Gasteiger partial charge on any atom is -0.375 e. The maximum absolute atomic E-state index is 13.5. The van der Waals surface area contributed by atoms with Gasteiger partial charge in [0.05, 0.1) is 18.7 Å². The van der Waals surface area contributed by atoms with Crippen LogP contribution in [0, 0.1) is 27.7 Å². The van der Waals surface area contributed by atoms with Crippen molar-refractivity contribution in [2.45, 2.75) is 46.3 Å². The first kappa shape index (κ1) is 21.0. The summed E-state index contributed by atoms with van der Waals surface area (Å²) >= 11 is 0. The van der Waals surface area contributed by atoms with Gasteiger partial charge in [-0.15, -0.1) is 0 Å². The van der Waals surface area contributed by atoms with Gasteiger partial charge in [0.1, 0.15) is 0 Å². The molecule has 3 aromatic carbocycles. The Morgan fingerprint density at radius 2 is 1.52 bits per heavy atom. The van der Waals surface area contributed by atoms with E-state index in [2.05, 4.69) is 0 Å². The average Bonchev–Trinajstić information content (AvgIpc) is 2.91. The largest absolute Gasteiger partial charge is 0.375 e. The molecule has 158 valence electrons. The average molecular weight is 414 g/mol. The van der Waals surface area contributed by atoms with Crippen LogP contribution in [0.5, 0.6) is 0 Å². The van der Waals surface area contributed by atoms with Crippen molar-refractivity contribution in [2.24, 2.45) is 0 Å². The molecule has 0 spiro atoms. The maximum atomic E-state index is 13.5. The van der Waals surface area contributed by atoms with Crippen LogP contribution in [0.1, 0.15) is 50.2 Å². The first-order valence-corrected chi connectivity index (χ1v) is 10.5. The van der Waals surface area contributed by atoms with E-state index in [1.807, 2.05) is 76.2 Å². The zero-order chi connectivity index (χ0) is 22.3. The molecular weight excluding hydrogens is 386 g/mol. The Morgan fingerprint density at radius 3 is 2.19 bits per heavy atom. The number of benzene rings is 3. The molecule has 1 aliphatic rings. The number of para-hydroxylation sites is 1. The van der Waals surface area contributed by atoms with Gasteiger partial charge in [-0.25, -0.2) is 0 Å². The molecule has 4 heteroatoms. The number of hydrogen-bond acceptors (Lipinski definition) is 3. The molecule has 1 amide bonds. The van der Waals surface area contributed by atoms with Crippen LogP contribution in [0.3, 0.4) is 0 Å². The second-order valence-electron chi connectivity index (χ2n) is 8.57. The summed E-state index contributed by atoms with van der Waals surface area (Å²) < 4.78 is 0. The summed E-state index contributed by atoms with van der Waals surface area (Å²) in [7, 11) is 0. The highest BCUT2D eigenvalue weighted by atomic mass is 16.3. The molecule has 0 aromatic heterocycles. The molecule has 1 aliphatic heterocycles. The molecule has 1 heterocycles. The van der Waals surface area contributed by atoms with Crippen molar-refractivity contribution < 1.29 is 14.7 Å². The first-order valence-electron chi connectivity index (χ1n) is 10.5. The van der Waals surface area contributed by atoms with Gasteiger partial charge in [-0.3, -0.25) is 9.59 Å². The van der Waals surface area contributed by atoms with Crippen LogP contribution in [0.4, 0.5) is 5.69 Å². The summed E-state index contributed by atoms with van der Waals surface area (Å²) in [6.45, 7) is 8.13. The Kier molecular flexibility index (Phi) is 5.28. The van der Waals surface area contributed by atoms with Gasteiger partial charge in [0, 0.05) is 11.1 Å². The molecule has 31 heavy (non-hydrogen) atoms. The van der Waals surface area contributed by atoms with Gasteiger partial charge in [-0.2, -0.15) is 0 Å². The fourth-order valence-electron chi connectivity index (χ4n) is 4.73. The van der Waals surface area contributed by atoms with E-state index < -0.39 is 11.5 Å². The second kappa shape index (κ2) is 7.78. The van der Waals surface area contributed by atoms with E-state index in [4.69, 9.17) is 0 Å². The molecule has 1 N–H and O–H groups in total. The van der Waals surface area contributed by atoms with Crippen molar-refractivity contribution in [1.82, 2.24) is 0 Å². The molecule has 3 aromatic rings. The number of aliphatic hydroxyl groups is 1. The fourth-order valence-corrected chi connectivity index (χ4v) is 4.73. The third kappa shape index (κ3) is 3.57. The molecule has 4 nitrogen and oxygen atoms in total. The van der Waals surface area contributed by atoms with Crippen LogP contribution in [-0.2, 0) is 16.9 Å². The van der Waals surface area contributed by atoms with E-state index in [0.717, 1.165) is 27.8 Å². The molecule has 1 unspecified atom stereocenters. The molecule has 0 aliphatic carbocycles. The van der Waals surface area contributed by atoms with Gasteiger partial charge in [-0.05, 0) is 56.0 Å². The Balaban J connectivity index is 1.72. The minimum absolute atomic E-state index is 0.224. The third-order valence-corrected chi connectivity index (χ3v) is 6.20. The smallest absolute Gasteiger partial charge is 0.264 e. The highest BCUT2D eigenvalue weighted by Gasteiger charge is 2.51. The predicted molar refractivity (Wildman–Crippen MR) is 122 cm³/mol. The summed E-state index contributed by atoms with van der Waals surface area (Å²) in [5, 5.41) is 11.6. The van der Waals surface area contributed by atoms with Crippen molar-refractivity contribution in [1.29, 1.82) is 0 Å². The van der Waals surface area contributed by atoms with Gasteiger partial charge in [0.2, 0.25) is 0 Å². The standard InChI is InChI=1S/C27H27NO3/c1-17-13-19(3)25(20(4)14-17)24(29)15-27(31)22-11-7-8-12-23(22)28(26(27)30)16-21-10-6-5-9-18(21)2/h5-14,31H,15-16H2,1-4H3. The van der Waals surface area contributed by atoms with Crippen molar-refractivity contribution in [3.63, 3.8) is 0 Å². The van der Waals surface area contributed by atoms with E-state index in [1.165, 1.54) is 0 Å². The number of fused-ring (bicyclic) bond motifs is 1. The number of ketones is 1. The van der Waals surface area contributed by atoms with E-state index in [0.29, 0.717) is 23.4 Å². The summed E-state index contributed by atoms with van der Waals surface area (Å²) in [5.74, 6) is -0.675. The van der Waals surface area contributed by atoms with Gasteiger partial charge in [0.25, 0.3) is 5.91 Å². The van der Waals surface area contributed by atoms with E-state index >= 15 is 0 Å². The molecule has 0 bridgehead atoms. The number of rotatable bonds is 5. The van der Waals surface area contributed by atoms with Crippen LogP contribution >= 0.6 is 0 Å². The van der Waals surface area contributed by atoms with Crippen LogP contribution in [-0.4, -0.2) is 16.8 Å². The van der Waals surface area contributed by atoms with E-state index in [1.54, 1.807) is 17.0 Å². The molecule has 0 radical (unpaired) electrons. The van der Waals surface area contributed by atoms with E-state index in [-0.39, 0.29) is 12.2 Å². The molecular formula is C27H27NO3. The number of hydrogen-bond donors (Lipinski definition) is 1. The number of Topliss-reactive ketones (excluding diaryl/α,β-unsaturated/α-hetero) is 1. The van der Waals surface area contributed by atoms with Crippen molar-refractivity contribution in [3.8, 4) is 0 Å². The van der Waals surface area contributed by atoms with Crippen LogP contribution in [0.15, 0.2) is 60.7 Å². The summed E-state index contributed by atoms with van der Waals surface area (Å²) in [4.78, 5) is 28.4. The Morgan fingerprint density at radius 1 is 0.903 bits per heavy atom. The number of carbonyl (C=O) groups is 2. The lowest BCUT2D eigenvalue weighted by molar-refractivity contribution is -0.136. The Hall–Kier alpha value is -3.24. The second-order valence-corrected chi connectivity index (χ2v) is 8.57. The third-order valence-electron chi connectivity index (χ3n) is 6.20. The van der Waals surface area contributed by atoms with Crippen molar-refractivity contribution in [2.75, 3.05) is 4.90 Å². The van der Waals surface area contributed by atoms with Crippen molar-refractivity contribution >= 4 is 17.4 Å². The number of amides is 1. The van der Waals surface area contributed by atoms with Crippen molar-refractivity contribution in [3.05, 3.63) is 99.6 Å². The lowest BCUT2D eigenvalue weighted by Crippen LogP contribution is -2.41. The number of anilines is 1. The van der Waals surface area contributed by atoms with Gasteiger partial charge >= 0.3 is 0 Å². The summed E-state index contributed by atoms with van der Waals surface area (Å²) in [5.41, 5.74) is 4.74. The SMILES string of the molecule is Cc1cc(C)c(C(=O)CC2(O)C(=O)N(Cc3ccccc3C)c3ccccc32)c(C)c1. The molecule has 0 fully saturated rings. The number of nitrogens with zero attached hydrogens (tertiary/aromatic N) is 1. The molecule has 0 saturated heterocycles. The Bertz CT molecular complexity index is 1170. The monoisotopic (exact) mass is 413 g/mol. The highest BCUT2D eigenvalue weighted by molar-refractivity contribution is 6.11. The minimum atomic E-state index is -1.87. The lowest BCUT2D eigenvalue weighted by atomic mass is 9.85. The molecule has 0 saturated carbocycles. The predicted octanol–water partition coefficient (Wildman–Crippen LogP) is 4.93. The molecule has 1 atom stereocenters. The quantitative estimate of drug-likeness (QED) is 0.604. The maximum Gasteiger partial charge on any atom is 0.264 e. The topological polar surface area (TPSA) is 57.6 Å². The highest BCUT2D eigenvalue weighted by Crippen LogP contribution is 2.44. The zero-order valence-electron chi connectivity index (χ0n) is 18.4. The summed E-state index contributed by atoms with van der Waals surface area (Å²) in [6.07, 6.45) is -0.280. The van der Waals surface area contributed by atoms with Gasteiger partial charge < -0.3 is 10.0 Å².